The number of hydrogen-bond acceptors (Lipinski definition) is 9. The summed E-state index contributed by atoms with van der Waals surface area (Å²) < 4.78 is 25.6. The number of carbonyl (C=O) groups is 4. The maximum atomic E-state index is 11.4. The predicted molar refractivity (Wildman–Crippen MR) is 77.8 cm³/mol. The first-order valence-electron chi connectivity index (χ1n) is 7.06. The molecule has 24 heavy (non-hydrogen) atoms. The van der Waals surface area contributed by atoms with Crippen LogP contribution < -0.4 is 0 Å². The second-order valence-corrected chi connectivity index (χ2v) is 5.48. The summed E-state index contributed by atoms with van der Waals surface area (Å²) in [6.07, 6.45) is -4.60. The van der Waals surface area contributed by atoms with E-state index in [0.717, 1.165) is 20.8 Å². The lowest BCUT2D eigenvalue weighted by atomic mass is 9.99. The molecule has 1 saturated heterocycles. The Morgan fingerprint density at radius 3 is 1.71 bits per heavy atom. The Bertz CT molecular complexity index is 506. The molecule has 1 aliphatic rings. The van der Waals surface area contributed by atoms with Gasteiger partial charge in [-0.2, -0.15) is 0 Å². The van der Waals surface area contributed by atoms with Gasteiger partial charge in [0, 0.05) is 27.7 Å². The molecule has 0 aliphatic carbocycles. The zero-order valence-corrected chi connectivity index (χ0v) is 14.4. The standard InChI is InChI=1S/C14H19ClO9/c1-6(16)20-5-10-11(21-7(2)17)12(22-8(3)18)13(14(15)24-10)23-9(4)19/h10-14H,5H2,1-4H3/t10-,11-,12+,13+,14+/m0/s1. The van der Waals surface area contributed by atoms with Gasteiger partial charge in [-0.3, -0.25) is 19.2 Å². The molecule has 0 spiro atoms. The fourth-order valence-electron chi connectivity index (χ4n) is 2.18. The lowest BCUT2D eigenvalue weighted by molar-refractivity contribution is -0.238. The van der Waals surface area contributed by atoms with Crippen molar-refractivity contribution in [3.63, 3.8) is 0 Å². The van der Waals surface area contributed by atoms with Gasteiger partial charge >= 0.3 is 23.9 Å². The van der Waals surface area contributed by atoms with E-state index in [4.69, 9.17) is 35.3 Å². The Labute approximate surface area is 143 Å². The van der Waals surface area contributed by atoms with E-state index in [0.29, 0.717) is 0 Å². The van der Waals surface area contributed by atoms with E-state index < -0.39 is 53.9 Å². The number of rotatable bonds is 5. The quantitative estimate of drug-likeness (QED) is 0.385. The van der Waals surface area contributed by atoms with E-state index in [1.807, 2.05) is 0 Å². The van der Waals surface area contributed by atoms with Crippen LogP contribution in [0.25, 0.3) is 0 Å². The van der Waals surface area contributed by atoms with Crippen molar-refractivity contribution in [3.8, 4) is 0 Å². The summed E-state index contributed by atoms with van der Waals surface area (Å²) in [5.41, 5.74) is -1.20. The number of ether oxygens (including phenoxy) is 5. The van der Waals surface area contributed by atoms with Crippen LogP contribution in [-0.4, -0.2) is 60.5 Å². The summed E-state index contributed by atoms with van der Waals surface area (Å²) >= 11 is 6.05. The molecule has 1 fully saturated rings. The van der Waals surface area contributed by atoms with Gasteiger partial charge in [-0.05, 0) is 0 Å². The zero-order chi connectivity index (χ0) is 18.4. The molecule has 0 bridgehead atoms. The van der Waals surface area contributed by atoms with Gasteiger partial charge in [-0.25, -0.2) is 0 Å². The average molecular weight is 367 g/mol. The molecule has 10 heteroatoms. The molecule has 0 aromatic heterocycles. The fraction of sp³-hybridized carbons (Fsp3) is 0.714. The van der Waals surface area contributed by atoms with Crippen LogP contribution in [0.15, 0.2) is 0 Å². The molecule has 5 atom stereocenters. The van der Waals surface area contributed by atoms with Crippen molar-refractivity contribution in [3.05, 3.63) is 0 Å². The predicted octanol–water partition coefficient (Wildman–Crippen LogP) is 0.308. The monoisotopic (exact) mass is 366 g/mol. The highest BCUT2D eigenvalue weighted by molar-refractivity contribution is 6.20. The Balaban J connectivity index is 3.11. The Morgan fingerprint density at radius 2 is 1.25 bits per heavy atom. The Hall–Kier alpha value is -1.87. The molecular formula is C14H19ClO9. The molecule has 0 aromatic carbocycles. The third kappa shape index (κ3) is 5.97. The Kier molecular flexibility index (Phi) is 7.43. The molecule has 0 radical (unpaired) electrons. The molecule has 1 rings (SSSR count). The van der Waals surface area contributed by atoms with E-state index in [9.17, 15) is 19.2 Å². The molecular weight excluding hydrogens is 348 g/mol. The van der Waals surface area contributed by atoms with Crippen molar-refractivity contribution in [2.75, 3.05) is 6.61 Å². The highest BCUT2D eigenvalue weighted by Crippen LogP contribution is 2.30. The molecule has 136 valence electrons. The molecule has 0 amide bonds. The van der Waals surface area contributed by atoms with Gasteiger partial charge in [0.15, 0.2) is 23.9 Å². The van der Waals surface area contributed by atoms with Crippen LogP contribution in [0.5, 0.6) is 0 Å². The average Bonchev–Trinajstić information content (AvgIpc) is 2.42. The van der Waals surface area contributed by atoms with Crippen molar-refractivity contribution in [1.29, 1.82) is 0 Å². The molecule has 0 aromatic rings. The maximum absolute atomic E-state index is 11.4. The number of hydrogen-bond donors (Lipinski definition) is 0. The number of esters is 4. The van der Waals surface area contributed by atoms with Crippen LogP contribution in [0.2, 0.25) is 0 Å². The molecule has 1 heterocycles. The summed E-state index contributed by atoms with van der Waals surface area (Å²) in [4.78, 5) is 45.0. The smallest absolute Gasteiger partial charge is 0.303 e. The normalized spacial score (nSPS) is 29.3. The van der Waals surface area contributed by atoms with Gasteiger partial charge in [0.1, 0.15) is 12.7 Å². The summed E-state index contributed by atoms with van der Waals surface area (Å²) in [6, 6.07) is 0. The summed E-state index contributed by atoms with van der Waals surface area (Å²) in [6.45, 7) is 4.31. The van der Waals surface area contributed by atoms with Gasteiger partial charge in [-0.1, -0.05) is 11.6 Å². The third-order valence-corrected chi connectivity index (χ3v) is 3.29. The minimum atomic E-state index is -1.22. The molecule has 0 N–H and O–H groups in total. The van der Waals surface area contributed by atoms with Crippen molar-refractivity contribution in [1.82, 2.24) is 0 Å². The lowest BCUT2D eigenvalue weighted by Crippen LogP contribution is -2.61. The van der Waals surface area contributed by atoms with Crippen LogP contribution in [0.3, 0.4) is 0 Å². The second kappa shape index (κ2) is 8.84. The lowest BCUT2D eigenvalue weighted by Gasteiger charge is -2.42. The van der Waals surface area contributed by atoms with Crippen LogP contribution in [0, 0.1) is 0 Å². The third-order valence-electron chi connectivity index (χ3n) is 2.93. The van der Waals surface area contributed by atoms with Crippen molar-refractivity contribution >= 4 is 35.5 Å². The highest BCUT2D eigenvalue weighted by atomic mass is 35.5. The van der Waals surface area contributed by atoms with Crippen molar-refractivity contribution < 1.29 is 42.9 Å². The van der Waals surface area contributed by atoms with E-state index in [-0.39, 0.29) is 6.61 Å². The maximum Gasteiger partial charge on any atom is 0.303 e. The first kappa shape index (κ1) is 20.2. The van der Waals surface area contributed by atoms with Crippen LogP contribution in [-0.2, 0) is 42.9 Å². The van der Waals surface area contributed by atoms with E-state index in [1.165, 1.54) is 6.92 Å². The number of carbonyl (C=O) groups excluding carboxylic acids is 4. The largest absolute Gasteiger partial charge is 0.463 e. The summed E-state index contributed by atoms with van der Waals surface area (Å²) in [5, 5.41) is 0. The molecule has 0 saturated carbocycles. The highest BCUT2D eigenvalue weighted by Gasteiger charge is 2.51. The topological polar surface area (TPSA) is 114 Å². The minimum Gasteiger partial charge on any atom is -0.463 e. The van der Waals surface area contributed by atoms with Crippen LogP contribution >= 0.6 is 11.6 Å². The number of halogens is 1. The molecule has 0 unspecified atom stereocenters. The van der Waals surface area contributed by atoms with Crippen molar-refractivity contribution in [2.45, 2.75) is 57.7 Å². The Morgan fingerprint density at radius 1 is 0.792 bits per heavy atom. The van der Waals surface area contributed by atoms with E-state index >= 15 is 0 Å². The molecule has 9 nitrogen and oxygen atoms in total. The summed E-state index contributed by atoms with van der Waals surface area (Å²) in [7, 11) is 0. The van der Waals surface area contributed by atoms with Gasteiger partial charge in [-0.15, -0.1) is 0 Å². The fourth-order valence-corrected chi connectivity index (χ4v) is 2.50. The van der Waals surface area contributed by atoms with Crippen LogP contribution in [0.4, 0.5) is 0 Å². The van der Waals surface area contributed by atoms with Gasteiger partial charge in [0.25, 0.3) is 0 Å². The summed E-state index contributed by atoms with van der Waals surface area (Å²) in [5.74, 6) is -2.67. The molecule has 1 aliphatic heterocycles. The second-order valence-electron chi connectivity index (χ2n) is 5.05. The number of alkyl halides is 1. The van der Waals surface area contributed by atoms with Crippen LogP contribution in [0.1, 0.15) is 27.7 Å². The SMILES string of the molecule is CC(=O)OC[C@@H]1O[C@@H](Cl)[C@H](OC(C)=O)[C@H](OC(C)=O)[C@H]1OC(C)=O. The minimum absolute atomic E-state index is 0.291. The van der Waals surface area contributed by atoms with Gasteiger partial charge in [0.2, 0.25) is 0 Å². The first-order valence-corrected chi connectivity index (χ1v) is 7.50. The first-order chi connectivity index (χ1) is 11.1. The van der Waals surface area contributed by atoms with E-state index in [2.05, 4.69) is 0 Å². The zero-order valence-electron chi connectivity index (χ0n) is 13.6. The van der Waals surface area contributed by atoms with Crippen molar-refractivity contribution in [2.24, 2.45) is 0 Å². The van der Waals surface area contributed by atoms with Gasteiger partial charge in [0.05, 0.1) is 0 Å². The van der Waals surface area contributed by atoms with Gasteiger partial charge < -0.3 is 23.7 Å². The van der Waals surface area contributed by atoms with E-state index in [1.54, 1.807) is 0 Å².